The smallest absolute Gasteiger partial charge is 0.123 e. The summed E-state index contributed by atoms with van der Waals surface area (Å²) in [5.41, 5.74) is 7.14. The lowest BCUT2D eigenvalue weighted by atomic mass is 9.93. The number of hydrogen-bond donors (Lipinski definition) is 1. The molecule has 0 saturated carbocycles. The van der Waals surface area contributed by atoms with Crippen LogP contribution in [0.25, 0.3) is 0 Å². The highest BCUT2D eigenvalue weighted by atomic mass is 35.5. The summed E-state index contributed by atoms with van der Waals surface area (Å²) >= 11 is 5.95. The van der Waals surface area contributed by atoms with Gasteiger partial charge >= 0.3 is 0 Å². The lowest BCUT2D eigenvalue weighted by molar-refractivity contribution is 0.388. The molecule has 0 bridgehead atoms. The molecular weight excluding hydrogens is 245 g/mol. The van der Waals surface area contributed by atoms with E-state index < -0.39 is 0 Å². The second kappa shape index (κ2) is 7.00. The standard InChI is InChI=1S/C12H18ClNO.ClH/c1-4-8(2)12(14)10-7-9(13)5-6-11(10)15-3;/h5-8,12H,4,14H2,1-3H3;1H/t8?,12-;/m0./s1. The Balaban J connectivity index is 0.00000225. The molecule has 0 aliphatic rings. The van der Waals surface area contributed by atoms with Gasteiger partial charge in [0.25, 0.3) is 0 Å². The third-order valence-electron chi connectivity index (χ3n) is 2.81. The van der Waals surface area contributed by atoms with Gasteiger partial charge in [-0.3, -0.25) is 0 Å². The highest BCUT2D eigenvalue weighted by Crippen LogP contribution is 2.31. The molecule has 0 heterocycles. The third kappa shape index (κ3) is 3.55. The minimum Gasteiger partial charge on any atom is -0.496 e. The molecule has 4 heteroatoms. The lowest BCUT2D eigenvalue weighted by Gasteiger charge is -2.21. The normalized spacial score (nSPS) is 13.8. The average molecular weight is 264 g/mol. The number of methoxy groups -OCH3 is 1. The van der Waals surface area contributed by atoms with Crippen molar-refractivity contribution in [1.29, 1.82) is 0 Å². The van der Waals surface area contributed by atoms with E-state index >= 15 is 0 Å². The summed E-state index contributed by atoms with van der Waals surface area (Å²) in [6.45, 7) is 4.26. The monoisotopic (exact) mass is 263 g/mol. The van der Waals surface area contributed by atoms with E-state index in [1.165, 1.54) is 0 Å². The minimum absolute atomic E-state index is 0. The Bertz CT molecular complexity index is 331. The number of benzene rings is 1. The number of nitrogens with two attached hydrogens (primary N) is 1. The number of rotatable bonds is 4. The summed E-state index contributed by atoms with van der Waals surface area (Å²) in [6, 6.07) is 5.54. The van der Waals surface area contributed by atoms with Gasteiger partial charge in [0.1, 0.15) is 5.75 Å². The highest BCUT2D eigenvalue weighted by molar-refractivity contribution is 6.30. The molecule has 0 fully saturated rings. The van der Waals surface area contributed by atoms with Crippen LogP contribution in [0.2, 0.25) is 5.02 Å². The van der Waals surface area contributed by atoms with Crippen LogP contribution >= 0.6 is 24.0 Å². The lowest BCUT2D eigenvalue weighted by Crippen LogP contribution is -2.19. The van der Waals surface area contributed by atoms with Crippen LogP contribution in [0.5, 0.6) is 5.75 Å². The molecule has 2 N–H and O–H groups in total. The van der Waals surface area contributed by atoms with Crippen LogP contribution in [0.15, 0.2) is 18.2 Å². The first-order valence-electron chi connectivity index (χ1n) is 5.19. The van der Waals surface area contributed by atoms with E-state index in [4.69, 9.17) is 22.1 Å². The zero-order valence-corrected chi connectivity index (χ0v) is 11.4. The quantitative estimate of drug-likeness (QED) is 0.897. The van der Waals surface area contributed by atoms with Gasteiger partial charge in [0.2, 0.25) is 0 Å². The van der Waals surface area contributed by atoms with Crippen molar-refractivity contribution in [3.8, 4) is 5.75 Å². The van der Waals surface area contributed by atoms with Crippen LogP contribution in [-0.2, 0) is 0 Å². The van der Waals surface area contributed by atoms with Crippen molar-refractivity contribution in [2.75, 3.05) is 7.11 Å². The largest absolute Gasteiger partial charge is 0.496 e. The van der Waals surface area contributed by atoms with E-state index in [0.717, 1.165) is 17.7 Å². The van der Waals surface area contributed by atoms with Crippen molar-refractivity contribution < 1.29 is 4.74 Å². The van der Waals surface area contributed by atoms with E-state index in [2.05, 4.69) is 13.8 Å². The molecule has 0 saturated heterocycles. The summed E-state index contributed by atoms with van der Waals surface area (Å²) in [7, 11) is 1.65. The molecule has 0 aromatic heterocycles. The topological polar surface area (TPSA) is 35.2 Å². The number of hydrogen-bond acceptors (Lipinski definition) is 2. The summed E-state index contributed by atoms with van der Waals surface area (Å²) < 4.78 is 5.28. The Kier molecular flexibility index (Phi) is 6.81. The Hall–Kier alpha value is -0.440. The molecule has 16 heavy (non-hydrogen) atoms. The van der Waals surface area contributed by atoms with Crippen molar-refractivity contribution in [1.82, 2.24) is 0 Å². The van der Waals surface area contributed by atoms with Gasteiger partial charge in [-0.1, -0.05) is 31.9 Å². The van der Waals surface area contributed by atoms with Crippen LogP contribution < -0.4 is 10.5 Å². The summed E-state index contributed by atoms with van der Waals surface area (Å²) in [6.07, 6.45) is 1.04. The van der Waals surface area contributed by atoms with Gasteiger partial charge in [0.05, 0.1) is 7.11 Å². The van der Waals surface area contributed by atoms with Crippen molar-refractivity contribution in [2.24, 2.45) is 11.7 Å². The van der Waals surface area contributed by atoms with Gasteiger partial charge in [-0.25, -0.2) is 0 Å². The summed E-state index contributed by atoms with van der Waals surface area (Å²) in [4.78, 5) is 0. The second-order valence-electron chi connectivity index (χ2n) is 3.80. The molecular formula is C12H19Cl2NO. The van der Waals surface area contributed by atoms with Crippen molar-refractivity contribution >= 4 is 24.0 Å². The molecule has 0 aliphatic heterocycles. The molecule has 2 atom stereocenters. The van der Waals surface area contributed by atoms with E-state index in [9.17, 15) is 0 Å². The zero-order chi connectivity index (χ0) is 11.4. The first-order valence-corrected chi connectivity index (χ1v) is 5.57. The number of halogens is 2. The molecule has 92 valence electrons. The molecule has 2 nitrogen and oxygen atoms in total. The van der Waals surface area contributed by atoms with E-state index in [1.807, 2.05) is 18.2 Å². The van der Waals surface area contributed by atoms with Gasteiger partial charge in [-0.15, -0.1) is 12.4 Å². The molecule has 0 aliphatic carbocycles. The Labute approximate surface area is 109 Å². The minimum atomic E-state index is -0.0244. The Morgan fingerprint density at radius 3 is 2.56 bits per heavy atom. The molecule has 0 radical (unpaired) electrons. The van der Waals surface area contributed by atoms with Crippen LogP contribution in [0, 0.1) is 5.92 Å². The molecule has 0 amide bonds. The van der Waals surface area contributed by atoms with E-state index in [1.54, 1.807) is 7.11 Å². The maximum Gasteiger partial charge on any atom is 0.123 e. The van der Waals surface area contributed by atoms with E-state index in [-0.39, 0.29) is 18.4 Å². The molecule has 1 rings (SSSR count). The predicted octanol–water partition coefficient (Wildman–Crippen LogP) is 3.82. The number of ether oxygens (including phenoxy) is 1. The average Bonchev–Trinajstić information content (AvgIpc) is 2.27. The molecule has 1 aromatic carbocycles. The van der Waals surface area contributed by atoms with Crippen LogP contribution in [0.4, 0.5) is 0 Å². The fourth-order valence-corrected chi connectivity index (χ4v) is 1.71. The van der Waals surface area contributed by atoms with Gasteiger partial charge in [0, 0.05) is 16.6 Å². The van der Waals surface area contributed by atoms with E-state index in [0.29, 0.717) is 10.9 Å². The maximum absolute atomic E-state index is 6.16. The molecule has 0 spiro atoms. The van der Waals surface area contributed by atoms with Crippen LogP contribution in [0.3, 0.4) is 0 Å². The fourth-order valence-electron chi connectivity index (χ4n) is 1.53. The highest BCUT2D eigenvalue weighted by Gasteiger charge is 2.17. The van der Waals surface area contributed by atoms with Crippen molar-refractivity contribution in [3.05, 3.63) is 28.8 Å². The summed E-state index contributed by atoms with van der Waals surface area (Å²) in [5, 5.41) is 0.699. The maximum atomic E-state index is 6.16. The molecule has 1 aromatic rings. The van der Waals surface area contributed by atoms with Gasteiger partial charge < -0.3 is 10.5 Å². The molecule has 1 unspecified atom stereocenters. The predicted molar refractivity (Wildman–Crippen MR) is 71.6 cm³/mol. The summed E-state index contributed by atoms with van der Waals surface area (Å²) in [5.74, 6) is 1.23. The zero-order valence-electron chi connectivity index (χ0n) is 9.87. The van der Waals surface area contributed by atoms with Crippen molar-refractivity contribution in [3.63, 3.8) is 0 Å². The first kappa shape index (κ1) is 15.6. The fraction of sp³-hybridized carbons (Fsp3) is 0.500. The van der Waals surface area contributed by atoms with Crippen molar-refractivity contribution in [2.45, 2.75) is 26.3 Å². The second-order valence-corrected chi connectivity index (χ2v) is 4.23. The Morgan fingerprint density at radius 1 is 1.44 bits per heavy atom. The SMILES string of the molecule is CCC(C)[C@H](N)c1cc(Cl)ccc1OC.Cl. The van der Waals surface area contributed by atoms with Gasteiger partial charge in [-0.2, -0.15) is 0 Å². The first-order chi connectivity index (χ1) is 7.10. The van der Waals surface area contributed by atoms with Crippen LogP contribution in [0.1, 0.15) is 31.9 Å². The Morgan fingerprint density at radius 2 is 2.06 bits per heavy atom. The third-order valence-corrected chi connectivity index (χ3v) is 3.04. The van der Waals surface area contributed by atoms with Gasteiger partial charge in [-0.05, 0) is 24.1 Å². The van der Waals surface area contributed by atoms with Crippen LogP contribution in [-0.4, -0.2) is 7.11 Å². The van der Waals surface area contributed by atoms with Gasteiger partial charge in [0.15, 0.2) is 0 Å².